The summed E-state index contributed by atoms with van der Waals surface area (Å²) >= 11 is 0. The Bertz CT molecular complexity index is 1430. The Kier molecular flexibility index (Phi) is 6.22. The monoisotopic (exact) mass is 458 g/mol. The number of rotatable bonds is 9. The van der Waals surface area contributed by atoms with Crippen molar-refractivity contribution in [2.24, 2.45) is 0 Å². The van der Waals surface area contributed by atoms with Gasteiger partial charge in [0.05, 0.1) is 11.9 Å². The minimum absolute atomic E-state index is 0.231. The molecule has 1 unspecified atom stereocenters. The van der Waals surface area contributed by atoms with E-state index >= 15 is 0 Å². The molecule has 0 saturated carbocycles. The molecule has 8 heteroatoms. The van der Waals surface area contributed by atoms with E-state index in [1.54, 1.807) is 13.3 Å². The Balaban J connectivity index is 1.48. The van der Waals surface area contributed by atoms with Crippen LogP contribution in [0.5, 0.6) is 0 Å². The van der Waals surface area contributed by atoms with Gasteiger partial charge in [0.15, 0.2) is 11.5 Å². The molecule has 174 valence electrons. The smallest absolute Gasteiger partial charge is 0.180 e. The van der Waals surface area contributed by atoms with Crippen molar-refractivity contribution < 1.29 is 9.13 Å². The summed E-state index contributed by atoms with van der Waals surface area (Å²) in [5, 5.41) is 4.68. The Morgan fingerprint density at radius 1 is 1.21 bits per heavy atom. The number of H-pyrrole nitrogens is 1. The molecule has 5 rings (SSSR count). The van der Waals surface area contributed by atoms with E-state index in [2.05, 4.69) is 45.5 Å². The number of ether oxygens (including phenoxy) is 1. The first-order chi connectivity index (χ1) is 16.6. The van der Waals surface area contributed by atoms with Crippen molar-refractivity contribution in [2.75, 3.05) is 25.6 Å². The highest BCUT2D eigenvalue weighted by Gasteiger charge is 2.17. The molecule has 2 N–H and O–H groups in total. The van der Waals surface area contributed by atoms with E-state index in [1.807, 2.05) is 28.9 Å². The molecule has 4 heterocycles. The van der Waals surface area contributed by atoms with E-state index in [-0.39, 0.29) is 5.92 Å². The van der Waals surface area contributed by atoms with Crippen LogP contribution in [0.4, 0.5) is 10.2 Å². The number of hydrogen-bond acceptors (Lipinski definition) is 5. The van der Waals surface area contributed by atoms with Gasteiger partial charge in [0.25, 0.3) is 0 Å². The standard InChI is InChI=1S/C26H27FN6O/c1-17(8-10-34-2)24-15-31-26-25(29-9-7-18-13-30-22-6-4-3-5-21(18)22)32-23(16-33(24)26)19-11-20(27)14-28-12-19/h3-6,11-17,30H,7-10H2,1-2H3,(H,29,32). The van der Waals surface area contributed by atoms with Crippen LogP contribution in [0.3, 0.4) is 0 Å². The largest absolute Gasteiger partial charge is 0.385 e. The number of hydrogen-bond donors (Lipinski definition) is 2. The average molecular weight is 459 g/mol. The van der Waals surface area contributed by atoms with Gasteiger partial charge < -0.3 is 15.0 Å². The van der Waals surface area contributed by atoms with Crippen molar-refractivity contribution in [2.45, 2.75) is 25.7 Å². The number of pyridine rings is 1. The lowest BCUT2D eigenvalue weighted by atomic mass is 10.1. The van der Waals surface area contributed by atoms with Crippen LogP contribution in [-0.4, -0.2) is 44.6 Å². The van der Waals surface area contributed by atoms with Gasteiger partial charge in [-0.15, -0.1) is 0 Å². The van der Waals surface area contributed by atoms with Gasteiger partial charge in [0.2, 0.25) is 0 Å². The van der Waals surface area contributed by atoms with Gasteiger partial charge in [-0.05, 0) is 30.5 Å². The molecule has 0 aliphatic rings. The van der Waals surface area contributed by atoms with E-state index < -0.39 is 5.82 Å². The van der Waals surface area contributed by atoms with E-state index in [4.69, 9.17) is 9.72 Å². The number of imidazole rings is 1. The summed E-state index contributed by atoms with van der Waals surface area (Å²) in [6.45, 7) is 3.49. The molecule has 0 aliphatic heterocycles. The van der Waals surface area contributed by atoms with Crippen LogP contribution in [0.15, 0.2) is 61.3 Å². The molecule has 0 aliphatic carbocycles. The highest BCUT2D eigenvalue weighted by molar-refractivity contribution is 5.83. The van der Waals surface area contributed by atoms with Crippen molar-refractivity contribution in [3.63, 3.8) is 0 Å². The van der Waals surface area contributed by atoms with E-state index in [1.165, 1.54) is 23.2 Å². The Morgan fingerprint density at radius 3 is 2.94 bits per heavy atom. The number of anilines is 1. The van der Waals surface area contributed by atoms with Gasteiger partial charge in [-0.25, -0.2) is 14.4 Å². The number of methoxy groups -OCH3 is 1. The molecule has 7 nitrogen and oxygen atoms in total. The van der Waals surface area contributed by atoms with Crippen molar-refractivity contribution in [1.82, 2.24) is 24.3 Å². The molecule has 1 aromatic carbocycles. The normalized spacial score (nSPS) is 12.4. The van der Waals surface area contributed by atoms with Gasteiger partial charge in [-0.2, -0.15) is 0 Å². The van der Waals surface area contributed by atoms with Crippen molar-refractivity contribution in [3.05, 3.63) is 78.4 Å². The maximum Gasteiger partial charge on any atom is 0.180 e. The van der Waals surface area contributed by atoms with Crippen molar-refractivity contribution in [1.29, 1.82) is 0 Å². The number of benzene rings is 1. The molecule has 0 amide bonds. The minimum Gasteiger partial charge on any atom is -0.385 e. The molecule has 0 saturated heterocycles. The second kappa shape index (κ2) is 9.61. The van der Waals surface area contributed by atoms with Crippen LogP contribution in [0.2, 0.25) is 0 Å². The third kappa shape index (κ3) is 4.36. The molecule has 1 atom stereocenters. The summed E-state index contributed by atoms with van der Waals surface area (Å²) in [4.78, 5) is 16.8. The molecule has 4 aromatic heterocycles. The van der Waals surface area contributed by atoms with Crippen LogP contribution in [0.25, 0.3) is 27.8 Å². The van der Waals surface area contributed by atoms with Gasteiger partial charge in [0, 0.05) is 73.1 Å². The molecule has 0 bridgehead atoms. The Hall–Kier alpha value is -3.78. The molecular formula is C26H27FN6O. The Labute approximate surface area is 197 Å². The SMILES string of the molecule is COCCC(C)c1cnc2c(NCCc3c[nH]c4ccccc34)nc(-c3cncc(F)c3)cn12. The zero-order valence-corrected chi connectivity index (χ0v) is 19.3. The third-order valence-corrected chi connectivity index (χ3v) is 6.14. The fourth-order valence-electron chi connectivity index (χ4n) is 4.28. The molecule has 0 radical (unpaired) electrons. The highest BCUT2D eigenvalue weighted by Crippen LogP contribution is 2.27. The number of para-hydroxylation sites is 1. The maximum atomic E-state index is 13.9. The quantitative estimate of drug-likeness (QED) is 0.317. The lowest BCUT2D eigenvalue weighted by Gasteiger charge is -2.14. The lowest BCUT2D eigenvalue weighted by Crippen LogP contribution is -2.10. The summed E-state index contributed by atoms with van der Waals surface area (Å²) in [6, 6.07) is 9.72. The van der Waals surface area contributed by atoms with Crippen molar-refractivity contribution >= 4 is 22.4 Å². The number of nitrogens with one attached hydrogen (secondary N) is 2. The maximum absolute atomic E-state index is 13.9. The van der Waals surface area contributed by atoms with Gasteiger partial charge in [-0.3, -0.25) is 9.38 Å². The topological polar surface area (TPSA) is 80.1 Å². The first kappa shape index (κ1) is 22.0. The number of fused-ring (bicyclic) bond motifs is 2. The predicted octanol–water partition coefficient (Wildman–Crippen LogP) is 5.21. The lowest BCUT2D eigenvalue weighted by molar-refractivity contribution is 0.189. The van der Waals surface area contributed by atoms with Gasteiger partial charge in [-0.1, -0.05) is 25.1 Å². The zero-order chi connectivity index (χ0) is 23.5. The summed E-state index contributed by atoms with van der Waals surface area (Å²) in [7, 11) is 1.70. The fourth-order valence-corrected chi connectivity index (χ4v) is 4.28. The van der Waals surface area contributed by atoms with Crippen LogP contribution in [0, 0.1) is 5.82 Å². The van der Waals surface area contributed by atoms with Crippen LogP contribution >= 0.6 is 0 Å². The molecule has 0 fully saturated rings. The third-order valence-electron chi connectivity index (χ3n) is 6.14. The second-order valence-electron chi connectivity index (χ2n) is 8.46. The van der Waals surface area contributed by atoms with E-state index in [9.17, 15) is 4.39 Å². The van der Waals surface area contributed by atoms with Crippen molar-refractivity contribution in [3.8, 4) is 11.3 Å². The van der Waals surface area contributed by atoms with E-state index in [0.29, 0.717) is 30.2 Å². The van der Waals surface area contributed by atoms with Crippen LogP contribution in [0.1, 0.15) is 30.5 Å². The van der Waals surface area contributed by atoms with Gasteiger partial charge >= 0.3 is 0 Å². The summed E-state index contributed by atoms with van der Waals surface area (Å²) < 4.78 is 21.2. The minimum atomic E-state index is -0.396. The average Bonchev–Trinajstić information content (AvgIpc) is 3.47. The number of nitrogens with zero attached hydrogens (tertiary/aromatic N) is 4. The number of aromatic nitrogens is 5. The number of halogens is 1. The second-order valence-corrected chi connectivity index (χ2v) is 8.46. The first-order valence-corrected chi connectivity index (χ1v) is 11.4. The Morgan fingerprint density at radius 2 is 2.09 bits per heavy atom. The molecule has 5 aromatic rings. The van der Waals surface area contributed by atoms with Crippen LogP contribution in [-0.2, 0) is 11.2 Å². The predicted molar refractivity (Wildman–Crippen MR) is 132 cm³/mol. The molecule has 0 spiro atoms. The molecular weight excluding hydrogens is 431 g/mol. The zero-order valence-electron chi connectivity index (χ0n) is 19.3. The van der Waals surface area contributed by atoms with E-state index in [0.717, 1.165) is 29.7 Å². The number of aromatic amines is 1. The fraction of sp³-hybridized carbons (Fsp3) is 0.269. The summed E-state index contributed by atoms with van der Waals surface area (Å²) in [6.07, 6.45) is 10.3. The molecule has 34 heavy (non-hydrogen) atoms. The van der Waals surface area contributed by atoms with Gasteiger partial charge in [0.1, 0.15) is 5.82 Å². The first-order valence-electron chi connectivity index (χ1n) is 11.4. The summed E-state index contributed by atoms with van der Waals surface area (Å²) in [5.41, 5.74) is 5.41. The highest BCUT2D eigenvalue weighted by atomic mass is 19.1. The van der Waals surface area contributed by atoms with Crippen LogP contribution < -0.4 is 5.32 Å². The summed E-state index contributed by atoms with van der Waals surface area (Å²) in [5.74, 6) is 0.495.